The molecule has 4 aromatic rings. The van der Waals surface area contributed by atoms with Gasteiger partial charge in [0.2, 0.25) is 5.91 Å². The molecule has 3 aromatic heterocycles. The van der Waals surface area contributed by atoms with Gasteiger partial charge in [-0.05, 0) is 43.3 Å². The number of amides is 1. The fourth-order valence-corrected chi connectivity index (χ4v) is 4.75. The molecule has 4 heterocycles. The average Bonchev–Trinajstić information content (AvgIpc) is 3.48. The van der Waals surface area contributed by atoms with Crippen LogP contribution in [-0.2, 0) is 17.8 Å². The number of rotatable bonds is 4. The number of aromatic nitrogens is 3. The quantitative estimate of drug-likeness (QED) is 0.488. The number of thiophene rings is 1. The zero-order valence-corrected chi connectivity index (χ0v) is 17.9. The van der Waals surface area contributed by atoms with Crippen LogP contribution in [0.4, 0.5) is 5.69 Å². The van der Waals surface area contributed by atoms with Crippen LogP contribution in [0.5, 0.6) is 0 Å². The van der Waals surface area contributed by atoms with Crippen molar-refractivity contribution >= 4 is 22.9 Å². The second kappa shape index (κ2) is 7.63. The maximum atomic E-state index is 13.2. The zero-order valence-electron chi connectivity index (χ0n) is 17.1. The molecule has 0 saturated heterocycles. The molecule has 1 amide bonds. The van der Waals surface area contributed by atoms with Gasteiger partial charge in [0.05, 0.1) is 16.1 Å². The van der Waals surface area contributed by atoms with Gasteiger partial charge >= 0.3 is 0 Å². The number of nitrogens with zero attached hydrogens (tertiary/aromatic N) is 4. The number of fused-ring (bicyclic) bond motifs is 1. The standard InChI is InChI=1S/C23H20N4O3S/c1-14-10-19(30-25-14)17-12-21(28)26(24-23(17)20-8-5-9-31-20)13-22(29)27-15(2)11-16-6-3-4-7-18(16)27/h3-10,12,15H,11,13H2,1-2H3/t15-/m1/s1. The van der Waals surface area contributed by atoms with Gasteiger partial charge < -0.3 is 9.42 Å². The highest BCUT2D eigenvalue weighted by atomic mass is 32.1. The highest BCUT2D eigenvalue weighted by Crippen LogP contribution is 2.33. The number of para-hydroxylation sites is 1. The van der Waals surface area contributed by atoms with E-state index in [1.54, 1.807) is 11.0 Å². The first-order valence-corrected chi connectivity index (χ1v) is 10.9. The SMILES string of the molecule is Cc1cc(-c2cc(=O)n(CC(=O)N3c4ccccc4C[C@H]3C)nc2-c2cccs2)on1. The Hall–Kier alpha value is -3.52. The molecule has 1 aliphatic heterocycles. The minimum atomic E-state index is -0.363. The molecule has 5 rings (SSSR count). The third-order valence-electron chi connectivity index (χ3n) is 5.41. The molecule has 0 fully saturated rings. The summed E-state index contributed by atoms with van der Waals surface area (Å²) in [6, 6.07) is 15.0. The Morgan fingerprint density at radius 2 is 2.06 bits per heavy atom. The van der Waals surface area contributed by atoms with Gasteiger partial charge in [0.25, 0.3) is 5.56 Å². The second-order valence-corrected chi connectivity index (χ2v) is 8.61. The van der Waals surface area contributed by atoms with E-state index in [1.165, 1.54) is 22.1 Å². The number of carbonyl (C=O) groups excluding carboxylic acids is 1. The number of anilines is 1. The summed E-state index contributed by atoms with van der Waals surface area (Å²) < 4.78 is 6.62. The average molecular weight is 433 g/mol. The predicted molar refractivity (Wildman–Crippen MR) is 119 cm³/mol. The lowest BCUT2D eigenvalue weighted by molar-refractivity contribution is -0.119. The van der Waals surface area contributed by atoms with E-state index in [1.807, 2.05) is 55.6 Å². The highest BCUT2D eigenvalue weighted by molar-refractivity contribution is 7.13. The molecular formula is C23H20N4O3S. The Morgan fingerprint density at radius 3 is 2.81 bits per heavy atom. The molecule has 0 unspecified atom stereocenters. The van der Waals surface area contributed by atoms with E-state index in [0.717, 1.165) is 22.5 Å². The molecule has 1 aliphatic rings. The first-order chi connectivity index (χ1) is 15.0. The number of hydrogen-bond acceptors (Lipinski definition) is 6. The normalized spacial score (nSPS) is 15.3. The van der Waals surface area contributed by atoms with Crippen molar-refractivity contribution in [2.24, 2.45) is 0 Å². The molecule has 1 aromatic carbocycles. The van der Waals surface area contributed by atoms with Crippen LogP contribution in [-0.4, -0.2) is 26.9 Å². The first-order valence-electron chi connectivity index (χ1n) is 10.0. The molecule has 156 valence electrons. The summed E-state index contributed by atoms with van der Waals surface area (Å²) in [5, 5.41) is 10.4. The lowest BCUT2D eigenvalue weighted by atomic mass is 10.1. The third-order valence-corrected chi connectivity index (χ3v) is 6.28. The van der Waals surface area contributed by atoms with Crippen LogP contribution in [0.15, 0.2) is 63.2 Å². The van der Waals surface area contributed by atoms with Gasteiger partial charge in [-0.3, -0.25) is 9.59 Å². The number of benzene rings is 1. The minimum Gasteiger partial charge on any atom is -0.356 e. The van der Waals surface area contributed by atoms with Crippen LogP contribution in [0.25, 0.3) is 21.9 Å². The zero-order chi connectivity index (χ0) is 21.5. The smallest absolute Gasteiger partial charge is 0.268 e. The summed E-state index contributed by atoms with van der Waals surface area (Å²) in [5.74, 6) is 0.318. The van der Waals surface area contributed by atoms with Crippen LogP contribution in [0, 0.1) is 6.92 Å². The maximum absolute atomic E-state index is 13.2. The molecule has 7 nitrogen and oxygen atoms in total. The van der Waals surface area contributed by atoms with E-state index in [0.29, 0.717) is 22.7 Å². The van der Waals surface area contributed by atoms with Gasteiger partial charge in [0.15, 0.2) is 5.76 Å². The summed E-state index contributed by atoms with van der Waals surface area (Å²) in [4.78, 5) is 28.7. The van der Waals surface area contributed by atoms with E-state index in [4.69, 9.17) is 4.52 Å². The van der Waals surface area contributed by atoms with Gasteiger partial charge in [-0.1, -0.05) is 29.4 Å². The van der Waals surface area contributed by atoms with E-state index in [2.05, 4.69) is 10.3 Å². The van der Waals surface area contributed by atoms with Crippen molar-refractivity contribution in [3.63, 3.8) is 0 Å². The van der Waals surface area contributed by atoms with Crippen LogP contribution in [0.3, 0.4) is 0 Å². The van der Waals surface area contributed by atoms with Gasteiger partial charge in [-0.2, -0.15) is 5.10 Å². The molecule has 0 saturated carbocycles. The van der Waals surface area contributed by atoms with Gasteiger partial charge in [0, 0.05) is 23.9 Å². The molecule has 31 heavy (non-hydrogen) atoms. The lowest BCUT2D eigenvalue weighted by Crippen LogP contribution is -2.40. The van der Waals surface area contributed by atoms with E-state index >= 15 is 0 Å². The molecule has 0 radical (unpaired) electrons. The van der Waals surface area contributed by atoms with Crippen LogP contribution in [0.2, 0.25) is 0 Å². The van der Waals surface area contributed by atoms with Crippen molar-refractivity contribution < 1.29 is 9.32 Å². The summed E-state index contributed by atoms with van der Waals surface area (Å²) in [6.07, 6.45) is 0.800. The molecule has 1 atom stereocenters. The fourth-order valence-electron chi connectivity index (χ4n) is 4.03. The van der Waals surface area contributed by atoms with Crippen molar-refractivity contribution in [2.75, 3.05) is 4.90 Å². The Balaban J connectivity index is 1.54. The largest absolute Gasteiger partial charge is 0.356 e. The predicted octanol–water partition coefficient (Wildman–Crippen LogP) is 3.91. The Kier molecular flexibility index (Phi) is 4.78. The fraction of sp³-hybridized carbons (Fsp3) is 0.217. The number of aryl methyl sites for hydroxylation is 1. The molecule has 0 N–H and O–H groups in total. The van der Waals surface area contributed by atoms with Crippen LogP contribution < -0.4 is 10.5 Å². The second-order valence-electron chi connectivity index (χ2n) is 7.66. The number of hydrogen-bond donors (Lipinski definition) is 0. The summed E-state index contributed by atoms with van der Waals surface area (Å²) >= 11 is 1.51. The first kappa shape index (κ1) is 19.4. The monoisotopic (exact) mass is 432 g/mol. The van der Waals surface area contributed by atoms with Crippen molar-refractivity contribution in [1.82, 2.24) is 14.9 Å². The Labute approximate surface area is 182 Å². The molecule has 0 bridgehead atoms. The van der Waals surface area contributed by atoms with Gasteiger partial charge in [0.1, 0.15) is 12.2 Å². The van der Waals surface area contributed by atoms with Crippen molar-refractivity contribution in [2.45, 2.75) is 32.9 Å². The van der Waals surface area contributed by atoms with E-state index in [-0.39, 0.29) is 24.1 Å². The maximum Gasteiger partial charge on any atom is 0.268 e. The third kappa shape index (κ3) is 3.48. The number of carbonyl (C=O) groups is 1. The van der Waals surface area contributed by atoms with E-state index < -0.39 is 0 Å². The summed E-state index contributed by atoms with van der Waals surface area (Å²) in [6.45, 7) is 3.70. The molecule has 0 aliphatic carbocycles. The van der Waals surface area contributed by atoms with E-state index in [9.17, 15) is 9.59 Å². The van der Waals surface area contributed by atoms with Crippen molar-refractivity contribution in [3.05, 3.63) is 75.5 Å². The lowest BCUT2D eigenvalue weighted by Gasteiger charge is -2.23. The molecule has 8 heteroatoms. The van der Waals surface area contributed by atoms with Crippen LogP contribution in [0.1, 0.15) is 18.2 Å². The molecular weight excluding hydrogens is 412 g/mol. The minimum absolute atomic E-state index is 0.0359. The summed E-state index contributed by atoms with van der Waals surface area (Å²) in [7, 11) is 0. The van der Waals surface area contributed by atoms with Gasteiger partial charge in [-0.25, -0.2) is 4.68 Å². The highest BCUT2D eigenvalue weighted by Gasteiger charge is 2.31. The molecule has 0 spiro atoms. The Bertz CT molecular complexity index is 1320. The van der Waals surface area contributed by atoms with Crippen LogP contribution >= 0.6 is 11.3 Å². The van der Waals surface area contributed by atoms with Crippen molar-refractivity contribution in [1.29, 1.82) is 0 Å². The van der Waals surface area contributed by atoms with Crippen molar-refractivity contribution in [3.8, 4) is 21.9 Å². The summed E-state index contributed by atoms with van der Waals surface area (Å²) in [5.41, 5.74) is 3.55. The van der Waals surface area contributed by atoms with Gasteiger partial charge in [-0.15, -0.1) is 11.3 Å². The Morgan fingerprint density at radius 1 is 1.23 bits per heavy atom. The topological polar surface area (TPSA) is 81.2 Å².